The Morgan fingerprint density at radius 2 is 2.30 bits per heavy atom. The quantitative estimate of drug-likeness (QED) is 0.852. The van der Waals surface area contributed by atoms with Gasteiger partial charge in [0.15, 0.2) is 0 Å². The highest BCUT2D eigenvalue weighted by Crippen LogP contribution is 2.16. The molecule has 2 aromatic heterocycles. The van der Waals surface area contributed by atoms with Crippen LogP contribution in [0.4, 0.5) is 5.82 Å². The molecule has 7 heteroatoms. The van der Waals surface area contributed by atoms with E-state index >= 15 is 0 Å². The number of carbonyl (C=O) groups is 1. The molecule has 20 heavy (non-hydrogen) atoms. The number of hydrogen-bond acceptors (Lipinski definition) is 4. The van der Waals surface area contributed by atoms with Crippen molar-refractivity contribution in [3.05, 3.63) is 41.3 Å². The number of pyridine rings is 1. The summed E-state index contributed by atoms with van der Waals surface area (Å²) in [4.78, 5) is 16.2. The number of halogens is 1. The van der Waals surface area contributed by atoms with Crippen molar-refractivity contribution in [2.75, 3.05) is 18.4 Å². The average Bonchev–Trinajstić information content (AvgIpc) is 2.94. The third-order valence-corrected chi connectivity index (χ3v) is 2.91. The van der Waals surface area contributed by atoms with E-state index in [9.17, 15) is 4.79 Å². The largest absolute Gasteiger partial charge is 0.370 e. The zero-order valence-electron chi connectivity index (χ0n) is 11.1. The number of amides is 1. The van der Waals surface area contributed by atoms with Crippen LogP contribution in [0.2, 0.25) is 5.02 Å². The number of nitrogens with zero attached hydrogens (tertiary/aromatic N) is 3. The summed E-state index contributed by atoms with van der Waals surface area (Å²) >= 11 is 6.00. The van der Waals surface area contributed by atoms with E-state index in [4.69, 9.17) is 11.6 Å². The molecule has 1 amide bonds. The number of anilines is 1. The lowest BCUT2D eigenvalue weighted by molar-refractivity contribution is 0.0947. The number of carbonyl (C=O) groups excluding carboxylic acids is 1. The summed E-state index contributed by atoms with van der Waals surface area (Å²) in [5.74, 6) is 0.344. The molecule has 0 aliphatic rings. The van der Waals surface area contributed by atoms with Crippen molar-refractivity contribution in [3.8, 4) is 0 Å². The minimum atomic E-state index is -0.290. The molecule has 0 unspecified atom stereocenters. The first-order valence-corrected chi connectivity index (χ1v) is 6.74. The Morgan fingerprint density at radius 1 is 1.45 bits per heavy atom. The Bertz CT molecular complexity index is 570. The Morgan fingerprint density at radius 3 is 3.00 bits per heavy atom. The fourth-order valence-electron chi connectivity index (χ4n) is 1.68. The maximum Gasteiger partial charge on any atom is 0.271 e. The molecule has 0 radical (unpaired) electrons. The van der Waals surface area contributed by atoms with Crippen LogP contribution in [0, 0.1) is 0 Å². The normalized spacial score (nSPS) is 10.3. The highest BCUT2D eigenvalue weighted by molar-refractivity contribution is 6.33. The molecular formula is C13H16ClN5O. The number of hydrogen-bond donors (Lipinski definition) is 2. The van der Waals surface area contributed by atoms with Crippen molar-refractivity contribution in [2.45, 2.75) is 13.5 Å². The van der Waals surface area contributed by atoms with Gasteiger partial charge >= 0.3 is 0 Å². The number of aromatic nitrogens is 3. The van der Waals surface area contributed by atoms with Gasteiger partial charge in [0.2, 0.25) is 0 Å². The first kappa shape index (κ1) is 14.3. The van der Waals surface area contributed by atoms with Crippen LogP contribution in [0.5, 0.6) is 0 Å². The third-order valence-electron chi connectivity index (χ3n) is 2.60. The molecule has 106 valence electrons. The smallest absolute Gasteiger partial charge is 0.271 e. The van der Waals surface area contributed by atoms with Crippen molar-refractivity contribution in [2.24, 2.45) is 0 Å². The van der Waals surface area contributed by atoms with Crippen molar-refractivity contribution in [3.63, 3.8) is 0 Å². The fourth-order valence-corrected chi connectivity index (χ4v) is 1.87. The first-order chi connectivity index (χ1) is 9.70. The highest BCUT2D eigenvalue weighted by Gasteiger charge is 2.12. The topological polar surface area (TPSA) is 71.8 Å². The monoisotopic (exact) mass is 293 g/mol. The summed E-state index contributed by atoms with van der Waals surface area (Å²) in [6.45, 7) is 3.75. The standard InChI is InChI=1S/C13H16ClN5O/c1-2-15-11-5-4-10(14)12(18-11)13(20)16-7-9-19-8-3-6-17-19/h3-6,8H,2,7,9H2,1H3,(H,15,18)(H,16,20). The van der Waals surface area contributed by atoms with Gasteiger partial charge in [-0.25, -0.2) is 4.98 Å². The predicted octanol–water partition coefficient (Wildman–Crippen LogP) is 1.79. The summed E-state index contributed by atoms with van der Waals surface area (Å²) in [5, 5.41) is 10.2. The molecule has 0 atom stereocenters. The van der Waals surface area contributed by atoms with Gasteiger partial charge in [-0.3, -0.25) is 9.48 Å². The first-order valence-electron chi connectivity index (χ1n) is 6.36. The minimum absolute atomic E-state index is 0.227. The predicted molar refractivity (Wildman–Crippen MR) is 78.0 cm³/mol. The second kappa shape index (κ2) is 6.91. The Labute approximate surface area is 122 Å². The molecule has 0 saturated carbocycles. The zero-order chi connectivity index (χ0) is 14.4. The van der Waals surface area contributed by atoms with Crippen molar-refractivity contribution in [1.29, 1.82) is 0 Å². The number of nitrogens with one attached hydrogen (secondary N) is 2. The highest BCUT2D eigenvalue weighted by atomic mass is 35.5. The molecule has 6 nitrogen and oxygen atoms in total. The van der Waals surface area contributed by atoms with Crippen LogP contribution in [0.25, 0.3) is 0 Å². The lowest BCUT2D eigenvalue weighted by atomic mass is 10.3. The third kappa shape index (κ3) is 3.71. The van der Waals surface area contributed by atoms with E-state index in [1.807, 2.05) is 19.2 Å². The summed E-state index contributed by atoms with van der Waals surface area (Å²) in [6.07, 6.45) is 3.53. The maximum atomic E-state index is 12.0. The second-order valence-electron chi connectivity index (χ2n) is 4.08. The molecule has 0 fully saturated rings. The molecule has 0 saturated heterocycles. The van der Waals surface area contributed by atoms with Crippen molar-refractivity contribution < 1.29 is 4.79 Å². The van der Waals surface area contributed by atoms with E-state index in [-0.39, 0.29) is 11.6 Å². The zero-order valence-corrected chi connectivity index (χ0v) is 11.9. The molecule has 2 aromatic rings. The van der Waals surface area contributed by atoms with Crippen LogP contribution in [-0.4, -0.2) is 33.8 Å². The van der Waals surface area contributed by atoms with Gasteiger partial charge in [-0.2, -0.15) is 5.10 Å². The van der Waals surface area contributed by atoms with Gasteiger partial charge in [0.1, 0.15) is 11.5 Å². The lowest BCUT2D eigenvalue weighted by Crippen LogP contribution is -2.28. The van der Waals surface area contributed by atoms with Crippen LogP contribution in [0.1, 0.15) is 17.4 Å². The second-order valence-corrected chi connectivity index (χ2v) is 4.49. The van der Waals surface area contributed by atoms with Gasteiger partial charge in [0.05, 0.1) is 11.6 Å². The van der Waals surface area contributed by atoms with Crippen LogP contribution < -0.4 is 10.6 Å². The maximum absolute atomic E-state index is 12.0. The fraction of sp³-hybridized carbons (Fsp3) is 0.308. The molecule has 0 aliphatic carbocycles. The van der Waals surface area contributed by atoms with Crippen LogP contribution in [-0.2, 0) is 6.54 Å². The summed E-state index contributed by atoms with van der Waals surface area (Å²) in [7, 11) is 0. The molecule has 0 spiro atoms. The molecule has 2 rings (SSSR count). The Kier molecular flexibility index (Phi) is 4.95. The van der Waals surface area contributed by atoms with E-state index in [0.29, 0.717) is 23.9 Å². The molecule has 2 N–H and O–H groups in total. The molecule has 2 heterocycles. The van der Waals surface area contributed by atoms with Gasteiger partial charge < -0.3 is 10.6 Å². The van der Waals surface area contributed by atoms with Gasteiger partial charge in [-0.05, 0) is 25.1 Å². The van der Waals surface area contributed by atoms with Crippen LogP contribution in [0.3, 0.4) is 0 Å². The van der Waals surface area contributed by atoms with E-state index in [1.165, 1.54) is 0 Å². The summed E-state index contributed by atoms with van der Waals surface area (Å²) in [6, 6.07) is 5.24. The van der Waals surface area contributed by atoms with Gasteiger partial charge in [-0.1, -0.05) is 11.6 Å². The molecule has 0 aromatic carbocycles. The Balaban J connectivity index is 1.95. The van der Waals surface area contributed by atoms with Crippen LogP contribution >= 0.6 is 11.6 Å². The average molecular weight is 294 g/mol. The number of rotatable bonds is 6. The van der Waals surface area contributed by atoms with Gasteiger partial charge in [0, 0.05) is 25.5 Å². The molecule has 0 bridgehead atoms. The summed E-state index contributed by atoms with van der Waals surface area (Å²) in [5.41, 5.74) is 0.227. The summed E-state index contributed by atoms with van der Waals surface area (Å²) < 4.78 is 1.74. The van der Waals surface area contributed by atoms with Crippen molar-refractivity contribution in [1.82, 2.24) is 20.1 Å². The SMILES string of the molecule is CCNc1ccc(Cl)c(C(=O)NCCn2cccn2)n1. The van der Waals surface area contributed by atoms with E-state index < -0.39 is 0 Å². The van der Waals surface area contributed by atoms with Crippen LogP contribution in [0.15, 0.2) is 30.6 Å². The minimum Gasteiger partial charge on any atom is -0.370 e. The van der Waals surface area contributed by atoms with E-state index in [1.54, 1.807) is 23.0 Å². The van der Waals surface area contributed by atoms with Gasteiger partial charge in [-0.15, -0.1) is 0 Å². The van der Waals surface area contributed by atoms with Gasteiger partial charge in [0.25, 0.3) is 5.91 Å². The lowest BCUT2D eigenvalue weighted by Gasteiger charge is -2.08. The Hall–Kier alpha value is -2.08. The van der Waals surface area contributed by atoms with Crippen molar-refractivity contribution >= 4 is 23.3 Å². The molecular weight excluding hydrogens is 278 g/mol. The van der Waals surface area contributed by atoms with E-state index in [2.05, 4.69) is 20.7 Å². The van der Waals surface area contributed by atoms with E-state index in [0.717, 1.165) is 6.54 Å². The molecule has 0 aliphatic heterocycles.